The van der Waals surface area contributed by atoms with Crippen LogP contribution in [-0.4, -0.2) is 29.1 Å². The Bertz CT molecular complexity index is 714. The van der Waals surface area contributed by atoms with Crippen molar-refractivity contribution in [2.45, 2.75) is 6.92 Å². The zero-order chi connectivity index (χ0) is 16.8. The maximum Gasteiger partial charge on any atom is 0.340 e. The summed E-state index contributed by atoms with van der Waals surface area (Å²) in [5.41, 5.74) is 2.49. The molecule has 0 aliphatic heterocycles. The van der Waals surface area contributed by atoms with Gasteiger partial charge in [-0.25, -0.2) is 9.78 Å². The van der Waals surface area contributed by atoms with E-state index in [1.807, 2.05) is 48.2 Å². The summed E-state index contributed by atoms with van der Waals surface area (Å²) in [5, 5.41) is 9.77. The number of carboxylic acids is 1. The summed E-state index contributed by atoms with van der Waals surface area (Å²) in [6.45, 7) is 10.3. The van der Waals surface area contributed by atoms with E-state index in [1.54, 1.807) is 12.2 Å². The van der Waals surface area contributed by atoms with Gasteiger partial charge in [-0.05, 0) is 18.6 Å². The molecule has 4 heteroatoms. The second-order valence-corrected chi connectivity index (χ2v) is 5.16. The van der Waals surface area contributed by atoms with E-state index in [0.717, 1.165) is 11.3 Å². The number of anilines is 1. The van der Waals surface area contributed by atoms with Gasteiger partial charge in [-0.15, -0.1) is 13.2 Å². The lowest BCUT2D eigenvalue weighted by molar-refractivity contribution is 0.0698. The van der Waals surface area contributed by atoms with Gasteiger partial charge < -0.3 is 10.0 Å². The van der Waals surface area contributed by atoms with Crippen LogP contribution in [0.3, 0.4) is 0 Å². The molecule has 2 aromatic rings. The van der Waals surface area contributed by atoms with Crippen LogP contribution >= 0.6 is 0 Å². The first-order valence-electron chi connectivity index (χ1n) is 7.35. The minimum atomic E-state index is -0.996. The molecule has 4 nitrogen and oxygen atoms in total. The number of benzene rings is 1. The Morgan fingerprint density at radius 2 is 1.83 bits per heavy atom. The maximum absolute atomic E-state index is 11.9. The number of aromatic carboxylic acids is 1. The molecule has 0 bridgehead atoms. The second-order valence-electron chi connectivity index (χ2n) is 5.16. The van der Waals surface area contributed by atoms with Crippen molar-refractivity contribution in [1.82, 2.24) is 4.98 Å². The monoisotopic (exact) mass is 308 g/mol. The summed E-state index contributed by atoms with van der Waals surface area (Å²) in [4.78, 5) is 18.2. The second kappa shape index (κ2) is 7.40. The molecule has 0 fully saturated rings. The van der Waals surface area contributed by atoms with Gasteiger partial charge in [0.05, 0.1) is 0 Å². The molecular weight excluding hydrogens is 288 g/mol. The summed E-state index contributed by atoms with van der Waals surface area (Å²) in [7, 11) is 0. The van der Waals surface area contributed by atoms with Crippen LogP contribution in [0.5, 0.6) is 0 Å². The smallest absolute Gasteiger partial charge is 0.340 e. The van der Waals surface area contributed by atoms with E-state index < -0.39 is 5.97 Å². The molecule has 1 aromatic carbocycles. The molecule has 0 unspecified atom stereocenters. The number of carboxylic acid groups (broad SMARTS) is 1. The van der Waals surface area contributed by atoms with Crippen molar-refractivity contribution in [3.63, 3.8) is 0 Å². The van der Waals surface area contributed by atoms with Crippen LogP contribution in [0.2, 0.25) is 0 Å². The molecule has 0 saturated heterocycles. The Hall–Kier alpha value is -2.88. The number of aryl methyl sites for hydroxylation is 1. The first-order valence-corrected chi connectivity index (χ1v) is 7.35. The van der Waals surface area contributed by atoms with E-state index >= 15 is 0 Å². The first kappa shape index (κ1) is 16.5. The molecule has 0 spiro atoms. The Morgan fingerprint density at radius 1 is 1.22 bits per heavy atom. The molecule has 0 saturated carbocycles. The van der Waals surface area contributed by atoms with Gasteiger partial charge >= 0.3 is 5.97 Å². The van der Waals surface area contributed by atoms with Gasteiger partial charge in [0.25, 0.3) is 0 Å². The molecule has 0 aliphatic carbocycles. The molecule has 23 heavy (non-hydrogen) atoms. The lowest BCUT2D eigenvalue weighted by Crippen LogP contribution is -2.27. The van der Waals surface area contributed by atoms with Crippen LogP contribution in [0.25, 0.3) is 11.1 Å². The van der Waals surface area contributed by atoms with Crippen LogP contribution in [0.4, 0.5) is 5.82 Å². The van der Waals surface area contributed by atoms with Gasteiger partial charge in [-0.3, -0.25) is 0 Å². The van der Waals surface area contributed by atoms with E-state index in [9.17, 15) is 9.90 Å². The lowest BCUT2D eigenvalue weighted by atomic mass is 9.99. The Balaban J connectivity index is 2.71. The van der Waals surface area contributed by atoms with Crippen LogP contribution in [0, 0.1) is 6.92 Å². The molecule has 0 atom stereocenters. The Labute approximate surface area is 136 Å². The minimum absolute atomic E-state index is 0.200. The van der Waals surface area contributed by atoms with Crippen molar-refractivity contribution >= 4 is 11.8 Å². The number of pyridine rings is 1. The average molecular weight is 308 g/mol. The summed E-state index contributed by atoms with van der Waals surface area (Å²) < 4.78 is 0. The van der Waals surface area contributed by atoms with Gasteiger partial charge in [-0.2, -0.15) is 0 Å². The molecule has 2 rings (SSSR count). The van der Waals surface area contributed by atoms with Crippen LogP contribution < -0.4 is 4.90 Å². The molecule has 118 valence electrons. The highest BCUT2D eigenvalue weighted by Gasteiger charge is 2.22. The van der Waals surface area contributed by atoms with Crippen LogP contribution in [0.1, 0.15) is 16.1 Å². The number of hydrogen-bond donors (Lipinski definition) is 1. The fourth-order valence-corrected chi connectivity index (χ4v) is 2.50. The van der Waals surface area contributed by atoms with Crippen molar-refractivity contribution in [1.29, 1.82) is 0 Å². The lowest BCUT2D eigenvalue weighted by Gasteiger charge is -2.24. The largest absolute Gasteiger partial charge is 0.478 e. The highest BCUT2D eigenvalue weighted by atomic mass is 16.4. The molecule has 0 aliphatic rings. The molecule has 1 heterocycles. The van der Waals surface area contributed by atoms with Crippen molar-refractivity contribution in [2.24, 2.45) is 0 Å². The van der Waals surface area contributed by atoms with Crippen molar-refractivity contribution < 1.29 is 9.90 Å². The summed E-state index contributed by atoms with van der Waals surface area (Å²) in [6.07, 6.45) is 3.45. The molecule has 0 radical (unpaired) electrons. The zero-order valence-corrected chi connectivity index (χ0v) is 13.2. The van der Waals surface area contributed by atoms with Crippen molar-refractivity contribution in [2.75, 3.05) is 18.0 Å². The van der Waals surface area contributed by atoms with E-state index in [0.29, 0.717) is 24.5 Å². The normalized spacial score (nSPS) is 10.1. The van der Waals surface area contributed by atoms with Crippen molar-refractivity contribution in [3.8, 4) is 11.1 Å². The van der Waals surface area contributed by atoms with Crippen LogP contribution in [-0.2, 0) is 0 Å². The minimum Gasteiger partial charge on any atom is -0.478 e. The summed E-state index contributed by atoms with van der Waals surface area (Å²) in [5.74, 6) is -0.555. The molecule has 0 amide bonds. The van der Waals surface area contributed by atoms with E-state index in [-0.39, 0.29) is 5.56 Å². The van der Waals surface area contributed by atoms with Crippen LogP contribution in [0.15, 0.2) is 61.7 Å². The van der Waals surface area contributed by atoms with Gasteiger partial charge in [0.2, 0.25) is 0 Å². The Kier molecular flexibility index (Phi) is 5.31. The number of aromatic nitrogens is 1. The number of carbonyl (C=O) groups is 1. The highest BCUT2D eigenvalue weighted by Crippen LogP contribution is 2.31. The predicted octanol–water partition coefficient (Wildman–Crippen LogP) is 3.93. The fraction of sp³-hybridized carbons (Fsp3) is 0.158. The van der Waals surface area contributed by atoms with E-state index in [1.165, 1.54) is 0 Å². The zero-order valence-electron chi connectivity index (χ0n) is 13.2. The predicted molar refractivity (Wildman–Crippen MR) is 94.0 cm³/mol. The molecule has 1 aromatic heterocycles. The standard InChI is InChI=1S/C19H20N2O2/c1-4-11-21(12-5-2)18-17(19(22)23)16(13-14(3)20-18)15-9-7-6-8-10-15/h4-10,13H,1-2,11-12H2,3H3,(H,22,23). The van der Waals surface area contributed by atoms with Gasteiger partial charge in [0.15, 0.2) is 0 Å². The third kappa shape index (κ3) is 3.66. The maximum atomic E-state index is 11.9. The third-order valence-corrected chi connectivity index (χ3v) is 3.43. The Morgan fingerprint density at radius 3 is 2.35 bits per heavy atom. The number of nitrogens with zero attached hydrogens (tertiary/aromatic N) is 2. The average Bonchev–Trinajstić information content (AvgIpc) is 2.54. The summed E-state index contributed by atoms with van der Waals surface area (Å²) >= 11 is 0. The topological polar surface area (TPSA) is 53.4 Å². The van der Waals surface area contributed by atoms with Crippen molar-refractivity contribution in [3.05, 3.63) is 73.0 Å². The fourth-order valence-electron chi connectivity index (χ4n) is 2.50. The van der Waals surface area contributed by atoms with Gasteiger partial charge in [0.1, 0.15) is 11.4 Å². The quantitative estimate of drug-likeness (QED) is 0.787. The van der Waals surface area contributed by atoms with Gasteiger partial charge in [-0.1, -0.05) is 42.5 Å². The van der Waals surface area contributed by atoms with Gasteiger partial charge in [0, 0.05) is 24.3 Å². The van der Waals surface area contributed by atoms with E-state index in [2.05, 4.69) is 18.1 Å². The summed E-state index contributed by atoms with van der Waals surface area (Å²) in [6, 6.07) is 11.3. The highest BCUT2D eigenvalue weighted by molar-refractivity contribution is 6.01. The molecule has 1 N–H and O–H groups in total. The number of rotatable bonds is 7. The third-order valence-electron chi connectivity index (χ3n) is 3.43. The van der Waals surface area contributed by atoms with E-state index in [4.69, 9.17) is 0 Å². The number of hydrogen-bond acceptors (Lipinski definition) is 3. The SMILES string of the molecule is C=CCN(CC=C)c1nc(C)cc(-c2ccccc2)c1C(=O)O. The first-order chi connectivity index (χ1) is 11.1. The molecular formula is C19H20N2O2.